The van der Waals surface area contributed by atoms with E-state index < -0.39 is 0 Å². The largest absolute Gasteiger partial charge is 0.0616 e. The van der Waals surface area contributed by atoms with Gasteiger partial charge >= 0.3 is 0 Å². The van der Waals surface area contributed by atoms with E-state index >= 15 is 0 Å². The fourth-order valence-electron chi connectivity index (χ4n) is 6.95. The van der Waals surface area contributed by atoms with Crippen LogP contribution in [0.2, 0.25) is 0 Å². The van der Waals surface area contributed by atoms with Crippen molar-refractivity contribution in [2.75, 3.05) is 0 Å². The zero-order valence-corrected chi connectivity index (χ0v) is 26.3. The monoisotopic (exact) mass is 586 g/mol. The maximum Gasteiger partial charge on any atom is 0.0412 e. The van der Waals surface area contributed by atoms with Crippen molar-refractivity contribution in [3.05, 3.63) is 168 Å². The van der Waals surface area contributed by atoms with Crippen molar-refractivity contribution in [1.29, 1.82) is 0 Å². The van der Waals surface area contributed by atoms with E-state index in [2.05, 4.69) is 171 Å². The lowest BCUT2D eigenvalue weighted by Gasteiger charge is -2.14. The normalized spacial score (nSPS) is 11.3. The first kappa shape index (κ1) is 27.9. The molecule has 218 valence electrons. The molecule has 0 heterocycles. The second kappa shape index (κ2) is 11.7. The molecule has 0 spiro atoms. The molecule has 0 fully saturated rings. The van der Waals surface area contributed by atoms with Gasteiger partial charge in [-0.2, -0.15) is 0 Å². The number of hydrogen-bond donors (Lipinski definition) is 0. The van der Waals surface area contributed by atoms with Gasteiger partial charge in [0.1, 0.15) is 0 Å². The molecule has 46 heavy (non-hydrogen) atoms. The molecule has 0 heteroatoms. The molecule has 8 aromatic carbocycles. The summed E-state index contributed by atoms with van der Waals surface area (Å²) in [7, 11) is 0. The van der Waals surface area contributed by atoms with E-state index in [1.54, 1.807) is 0 Å². The third kappa shape index (κ3) is 4.82. The van der Waals surface area contributed by atoms with E-state index in [0.717, 1.165) is 24.0 Å². The average molecular weight is 587 g/mol. The summed E-state index contributed by atoms with van der Waals surface area (Å²) in [4.78, 5) is 0. The molecular formula is C46H34. The molecule has 0 aromatic heterocycles. The van der Waals surface area contributed by atoms with Crippen molar-refractivity contribution in [2.45, 2.75) is 26.7 Å². The highest BCUT2D eigenvalue weighted by molar-refractivity contribution is 6.13. The molecule has 0 saturated carbocycles. The Morgan fingerprint density at radius 1 is 0.391 bits per heavy atom. The van der Waals surface area contributed by atoms with Gasteiger partial charge in [0.2, 0.25) is 0 Å². The van der Waals surface area contributed by atoms with E-state index in [9.17, 15) is 0 Å². The summed E-state index contributed by atoms with van der Waals surface area (Å²) in [5.41, 5.74) is 9.71. The van der Waals surface area contributed by atoms with Crippen LogP contribution in [0.5, 0.6) is 0 Å². The van der Waals surface area contributed by atoms with Crippen LogP contribution in [-0.4, -0.2) is 0 Å². The van der Waals surface area contributed by atoms with Crippen LogP contribution in [0.15, 0.2) is 146 Å². The summed E-state index contributed by atoms with van der Waals surface area (Å²) >= 11 is 0. The third-order valence-electron chi connectivity index (χ3n) is 9.43. The van der Waals surface area contributed by atoms with Crippen molar-refractivity contribution in [3.63, 3.8) is 0 Å². The van der Waals surface area contributed by atoms with Crippen LogP contribution < -0.4 is 0 Å². The number of benzene rings is 8. The molecule has 0 aliphatic rings. The van der Waals surface area contributed by atoms with Gasteiger partial charge in [-0.05, 0) is 90.7 Å². The SMILES string of the molecule is CCc1ccc(-c2cccc3cc4ccccc4c(C#Cc4c5ccccc5cc5cccc(-c6ccc(CC)cc6)c45)c23)cc1. The number of hydrogen-bond acceptors (Lipinski definition) is 0. The number of aryl methyl sites for hydroxylation is 2. The zero-order chi connectivity index (χ0) is 31.0. The Kier molecular flexibility index (Phi) is 7.09. The lowest BCUT2D eigenvalue weighted by atomic mass is 9.89. The minimum Gasteiger partial charge on any atom is -0.0616 e. The van der Waals surface area contributed by atoms with Gasteiger partial charge in [0.15, 0.2) is 0 Å². The first-order chi connectivity index (χ1) is 22.7. The van der Waals surface area contributed by atoms with Gasteiger partial charge < -0.3 is 0 Å². The van der Waals surface area contributed by atoms with Gasteiger partial charge in [0.05, 0.1) is 0 Å². The van der Waals surface area contributed by atoms with Crippen LogP contribution in [0.25, 0.3) is 65.3 Å². The standard InChI is InChI=1S/C46H34/c1-3-31-19-23-33(24-20-31)41-17-9-13-37-29-35-11-5-7-15-39(35)43(45(37)41)27-28-44-40-16-8-6-12-36(40)30-38-14-10-18-42(46(38)44)34-25-21-32(4-2)22-26-34/h5-26,29-30H,3-4H2,1-2H3. The van der Waals surface area contributed by atoms with Gasteiger partial charge in [-0.3, -0.25) is 0 Å². The summed E-state index contributed by atoms with van der Waals surface area (Å²) in [6.07, 6.45) is 2.06. The third-order valence-corrected chi connectivity index (χ3v) is 9.43. The van der Waals surface area contributed by atoms with Crippen molar-refractivity contribution < 1.29 is 0 Å². The Morgan fingerprint density at radius 2 is 0.783 bits per heavy atom. The summed E-state index contributed by atoms with van der Waals surface area (Å²) in [6, 6.07) is 53.3. The lowest BCUT2D eigenvalue weighted by molar-refractivity contribution is 1.14. The van der Waals surface area contributed by atoms with Gasteiger partial charge in [0, 0.05) is 21.9 Å². The number of fused-ring (bicyclic) bond motifs is 4. The molecule has 0 aliphatic heterocycles. The van der Waals surface area contributed by atoms with E-state index in [0.29, 0.717) is 0 Å². The smallest absolute Gasteiger partial charge is 0.0412 e. The molecule has 0 N–H and O–H groups in total. The van der Waals surface area contributed by atoms with E-state index in [1.807, 2.05) is 0 Å². The van der Waals surface area contributed by atoms with E-state index in [-0.39, 0.29) is 0 Å². The molecular weight excluding hydrogens is 553 g/mol. The van der Waals surface area contributed by atoms with Crippen LogP contribution in [0, 0.1) is 11.8 Å². The van der Waals surface area contributed by atoms with Gasteiger partial charge in [-0.25, -0.2) is 0 Å². The molecule has 0 bridgehead atoms. The Labute approximate surface area is 271 Å². The molecule has 0 unspecified atom stereocenters. The highest BCUT2D eigenvalue weighted by Crippen LogP contribution is 2.38. The minimum absolute atomic E-state index is 1.03. The zero-order valence-electron chi connectivity index (χ0n) is 26.3. The van der Waals surface area contributed by atoms with Gasteiger partial charge in [-0.1, -0.05) is 159 Å². The first-order valence-corrected chi connectivity index (χ1v) is 16.3. The molecule has 8 rings (SSSR count). The molecule has 8 aromatic rings. The fraction of sp³-hybridized carbons (Fsp3) is 0.0870. The molecule has 0 nitrogen and oxygen atoms in total. The van der Waals surface area contributed by atoms with E-state index in [1.165, 1.54) is 76.5 Å². The molecule has 0 aliphatic carbocycles. The molecule has 0 atom stereocenters. The second-order valence-corrected chi connectivity index (χ2v) is 12.1. The lowest BCUT2D eigenvalue weighted by Crippen LogP contribution is -1.91. The molecule has 0 saturated heterocycles. The van der Waals surface area contributed by atoms with E-state index in [4.69, 9.17) is 0 Å². The number of rotatable bonds is 4. The van der Waals surface area contributed by atoms with Crippen molar-refractivity contribution in [1.82, 2.24) is 0 Å². The quantitative estimate of drug-likeness (QED) is 0.142. The highest BCUT2D eigenvalue weighted by atomic mass is 14.2. The van der Waals surface area contributed by atoms with Crippen molar-refractivity contribution >= 4 is 43.1 Å². The molecule has 0 amide bonds. The Morgan fingerprint density at radius 3 is 1.20 bits per heavy atom. The van der Waals surface area contributed by atoms with Crippen molar-refractivity contribution in [3.8, 4) is 34.1 Å². The maximum atomic E-state index is 3.81. The minimum atomic E-state index is 1.03. The van der Waals surface area contributed by atoms with Crippen LogP contribution >= 0.6 is 0 Å². The first-order valence-electron chi connectivity index (χ1n) is 16.3. The van der Waals surface area contributed by atoms with Gasteiger partial charge in [-0.15, -0.1) is 0 Å². The topological polar surface area (TPSA) is 0 Å². The predicted octanol–water partition coefficient (Wildman–Crippen LogP) is 12.2. The van der Waals surface area contributed by atoms with Crippen LogP contribution in [0.1, 0.15) is 36.1 Å². The summed E-state index contributed by atoms with van der Waals surface area (Å²) in [5.74, 6) is 7.62. The van der Waals surface area contributed by atoms with Gasteiger partial charge in [0.25, 0.3) is 0 Å². The highest BCUT2D eigenvalue weighted by Gasteiger charge is 2.14. The maximum absolute atomic E-state index is 3.81. The predicted molar refractivity (Wildman–Crippen MR) is 199 cm³/mol. The average Bonchev–Trinajstić information content (AvgIpc) is 3.12. The van der Waals surface area contributed by atoms with Crippen LogP contribution in [0.4, 0.5) is 0 Å². The Balaban J connectivity index is 1.45. The summed E-state index contributed by atoms with van der Waals surface area (Å²) in [5, 5.41) is 9.60. The van der Waals surface area contributed by atoms with Crippen LogP contribution in [0.3, 0.4) is 0 Å². The molecule has 0 radical (unpaired) electrons. The second-order valence-electron chi connectivity index (χ2n) is 12.1. The Hall–Kier alpha value is -5.64. The van der Waals surface area contributed by atoms with Crippen LogP contribution in [-0.2, 0) is 12.8 Å². The Bertz CT molecular complexity index is 2290. The summed E-state index contributed by atoms with van der Waals surface area (Å²) in [6.45, 7) is 4.41. The summed E-state index contributed by atoms with van der Waals surface area (Å²) < 4.78 is 0. The fourth-order valence-corrected chi connectivity index (χ4v) is 6.95. The van der Waals surface area contributed by atoms with Crippen molar-refractivity contribution in [2.24, 2.45) is 0 Å².